The molecule has 0 bridgehead atoms. The van der Waals surface area contributed by atoms with Crippen molar-refractivity contribution in [2.75, 3.05) is 0 Å². The van der Waals surface area contributed by atoms with E-state index in [1.165, 1.54) is 22.4 Å². The van der Waals surface area contributed by atoms with Crippen molar-refractivity contribution in [3.8, 4) is 17.1 Å². The zero-order chi connectivity index (χ0) is 26.8. The predicted octanol–water partition coefficient (Wildman–Crippen LogP) is 9.93. The molecule has 0 aliphatic rings. The van der Waals surface area contributed by atoms with Gasteiger partial charge in [0.1, 0.15) is 5.58 Å². The topological polar surface area (TPSA) is 31.0 Å². The van der Waals surface area contributed by atoms with Crippen molar-refractivity contribution in [1.29, 1.82) is 0 Å². The monoisotopic (exact) mass is 692 g/mol. The summed E-state index contributed by atoms with van der Waals surface area (Å²) in [4.78, 5) is 5.22. The average Bonchev–Trinajstić information content (AvgIpc) is 3.45. The Balaban J connectivity index is 0.00000308. The first-order valence-electron chi connectivity index (χ1n) is 13.6. The van der Waals surface area contributed by atoms with Crippen LogP contribution in [0, 0.1) is 6.07 Å². The summed E-state index contributed by atoms with van der Waals surface area (Å²) in [5.74, 6) is 1.54. The van der Waals surface area contributed by atoms with Crippen LogP contribution in [0.1, 0.15) is 77.0 Å². The summed E-state index contributed by atoms with van der Waals surface area (Å²) < 4.78 is 8.83. The smallest absolute Gasteiger partial charge is 0.120 e. The molecule has 0 aliphatic heterocycles. The molecule has 0 N–H and O–H groups in total. The summed E-state index contributed by atoms with van der Waals surface area (Å²) in [6, 6.07) is 29.1. The Bertz CT molecular complexity index is 1790. The number of hydrogen-bond donors (Lipinski definition) is 0. The Kier molecular flexibility index (Phi) is 7.07. The maximum atomic E-state index is 6.46. The summed E-state index contributed by atoms with van der Waals surface area (Å²) in [5, 5.41) is 2.20. The third-order valence-corrected chi connectivity index (χ3v) is 7.63. The minimum Gasteiger partial charge on any atom is -0.501 e. The number of furan rings is 1. The Hall–Kier alpha value is -3.20. The van der Waals surface area contributed by atoms with Gasteiger partial charge in [0.2, 0.25) is 0 Å². The SMILES string of the molecule is CC(C)c1cc(C(C)(C)C)cc(C(C)C)c1-n1c(-c2[c-]ccc3c2oc2ccccc23)nc2ccccc21.[Ir]. The van der Waals surface area contributed by atoms with Gasteiger partial charge in [0.25, 0.3) is 0 Å². The number of aromatic nitrogens is 2. The van der Waals surface area contributed by atoms with Crippen molar-refractivity contribution in [2.45, 2.75) is 65.7 Å². The molecule has 4 aromatic carbocycles. The largest absolute Gasteiger partial charge is 0.501 e. The van der Waals surface area contributed by atoms with E-state index in [4.69, 9.17) is 9.40 Å². The normalized spacial score (nSPS) is 12.2. The molecule has 4 heteroatoms. The van der Waals surface area contributed by atoms with Gasteiger partial charge in [-0.3, -0.25) is 4.98 Å². The number of nitrogens with zero attached hydrogens (tertiary/aromatic N) is 2. The first-order valence-corrected chi connectivity index (χ1v) is 13.6. The molecule has 0 saturated heterocycles. The molecule has 0 spiro atoms. The van der Waals surface area contributed by atoms with E-state index in [9.17, 15) is 0 Å². The van der Waals surface area contributed by atoms with Crippen LogP contribution in [0.4, 0.5) is 0 Å². The minimum absolute atomic E-state index is 0. The van der Waals surface area contributed by atoms with Crippen molar-refractivity contribution >= 4 is 33.0 Å². The molecule has 1 radical (unpaired) electrons. The summed E-state index contributed by atoms with van der Waals surface area (Å²) in [6.45, 7) is 16.1. The number of benzene rings is 4. The summed E-state index contributed by atoms with van der Waals surface area (Å²) in [6.07, 6.45) is 0. The molecule has 2 aromatic heterocycles. The van der Waals surface area contributed by atoms with E-state index in [0.717, 1.165) is 44.4 Å². The van der Waals surface area contributed by atoms with Crippen LogP contribution in [0.15, 0.2) is 77.2 Å². The second kappa shape index (κ2) is 10.1. The molecule has 6 aromatic rings. The van der Waals surface area contributed by atoms with Gasteiger partial charge in [-0.1, -0.05) is 102 Å². The van der Waals surface area contributed by atoms with E-state index in [1.807, 2.05) is 18.2 Å². The molecule has 3 nitrogen and oxygen atoms in total. The van der Waals surface area contributed by atoms with Crippen molar-refractivity contribution < 1.29 is 24.5 Å². The molecular weight excluding hydrogens is 657 g/mol. The Labute approximate surface area is 244 Å². The van der Waals surface area contributed by atoms with Gasteiger partial charge in [-0.25, -0.2) is 0 Å². The Morgan fingerprint density at radius 1 is 0.821 bits per heavy atom. The number of hydrogen-bond acceptors (Lipinski definition) is 2. The quantitative estimate of drug-likeness (QED) is 0.172. The fraction of sp³-hybridized carbons (Fsp3) is 0.286. The molecule has 6 rings (SSSR count). The van der Waals surface area contributed by atoms with Crippen molar-refractivity contribution in [1.82, 2.24) is 9.55 Å². The van der Waals surface area contributed by atoms with E-state index in [2.05, 4.69) is 114 Å². The van der Waals surface area contributed by atoms with E-state index < -0.39 is 0 Å². The fourth-order valence-corrected chi connectivity index (χ4v) is 5.53. The summed E-state index contributed by atoms with van der Waals surface area (Å²) >= 11 is 0. The first kappa shape index (κ1) is 27.4. The van der Waals surface area contributed by atoms with Crippen LogP contribution < -0.4 is 0 Å². The van der Waals surface area contributed by atoms with Gasteiger partial charge in [-0.2, -0.15) is 0 Å². The van der Waals surface area contributed by atoms with E-state index in [1.54, 1.807) is 0 Å². The zero-order valence-electron chi connectivity index (χ0n) is 23.7. The maximum absolute atomic E-state index is 6.46. The van der Waals surface area contributed by atoms with Crippen molar-refractivity contribution in [3.63, 3.8) is 0 Å². The average molecular weight is 692 g/mol. The minimum atomic E-state index is 0. The second-order valence-corrected chi connectivity index (χ2v) is 12.0. The van der Waals surface area contributed by atoms with Gasteiger partial charge < -0.3 is 8.98 Å². The molecule has 0 atom stereocenters. The van der Waals surface area contributed by atoms with Crippen molar-refractivity contribution in [3.05, 3.63) is 95.6 Å². The summed E-state index contributed by atoms with van der Waals surface area (Å²) in [7, 11) is 0. The van der Waals surface area contributed by atoms with Crippen LogP contribution in [0.5, 0.6) is 0 Å². The third-order valence-electron chi connectivity index (χ3n) is 7.63. The van der Waals surface area contributed by atoms with E-state index in [0.29, 0.717) is 11.8 Å². The van der Waals surface area contributed by atoms with E-state index >= 15 is 0 Å². The standard InChI is InChI=1S/C35H35N2O.Ir/c1-21(2)27-19-23(35(5,6)7)20-28(22(3)4)32(27)37-30-17-10-9-16-29(30)36-34(37)26-15-12-14-25-24-13-8-11-18-31(24)38-33(25)26;/h8-14,16-22H,1-7H3;/q-1;. The predicted molar refractivity (Wildman–Crippen MR) is 159 cm³/mol. The van der Waals surface area contributed by atoms with Gasteiger partial charge in [0, 0.05) is 31.2 Å². The van der Waals surface area contributed by atoms with Gasteiger partial charge in [0.05, 0.1) is 22.4 Å². The molecule has 0 unspecified atom stereocenters. The zero-order valence-corrected chi connectivity index (χ0v) is 26.1. The van der Waals surface area contributed by atoms with Crippen LogP contribution in [-0.2, 0) is 25.5 Å². The molecule has 0 amide bonds. The van der Waals surface area contributed by atoms with Gasteiger partial charge >= 0.3 is 0 Å². The third kappa shape index (κ3) is 4.54. The fourth-order valence-electron chi connectivity index (χ4n) is 5.53. The first-order chi connectivity index (χ1) is 18.1. The van der Waals surface area contributed by atoms with Gasteiger partial charge in [0.15, 0.2) is 0 Å². The molecular formula is C35H35IrN2O-. The number of para-hydroxylation sites is 3. The van der Waals surface area contributed by atoms with Crippen LogP contribution in [-0.4, -0.2) is 9.55 Å². The summed E-state index contributed by atoms with van der Waals surface area (Å²) in [5.41, 5.74) is 9.98. The number of fused-ring (bicyclic) bond motifs is 4. The molecule has 0 aliphatic carbocycles. The number of imidazole rings is 1. The van der Waals surface area contributed by atoms with Crippen molar-refractivity contribution in [2.24, 2.45) is 0 Å². The molecule has 201 valence electrons. The second-order valence-electron chi connectivity index (χ2n) is 12.0. The maximum Gasteiger partial charge on any atom is 0.120 e. The van der Waals surface area contributed by atoms with E-state index in [-0.39, 0.29) is 25.5 Å². The molecule has 0 fully saturated rings. The molecule has 0 saturated carbocycles. The van der Waals surface area contributed by atoms with Gasteiger partial charge in [-0.15, -0.1) is 18.2 Å². The van der Waals surface area contributed by atoms with Crippen LogP contribution in [0.2, 0.25) is 0 Å². The van der Waals surface area contributed by atoms with Crippen LogP contribution in [0.25, 0.3) is 50.0 Å². The molecule has 39 heavy (non-hydrogen) atoms. The molecule has 2 heterocycles. The Morgan fingerprint density at radius 2 is 1.46 bits per heavy atom. The number of rotatable bonds is 4. The van der Waals surface area contributed by atoms with Gasteiger partial charge in [-0.05, 0) is 52.1 Å². The van der Waals surface area contributed by atoms with Crippen LogP contribution in [0.3, 0.4) is 0 Å². The van der Waals surface area contributed by atoms with Crippen LogP contribution >= 0.6 is 0 Å². The Morgan fingerprint density at radius 3 is 2.13 bits per heavy atom.